The summed E-state index contributed by atoms with van der Waals surface area (Å²) in [5, 5.41) is 0.959. The number of nitrogens with one attached hydrogen (secondary N) is 1. The standard InChI is InChI=1S/C14H17NO2/c1-4-5-13(16)14-9(2)15-12-7-6-10(17-3)8-11(12)14/h6-8,15H,4-5H2,1-3H3. The third-order valence-electron chi connectivity index (χ3n) is 2.95. The highest BCUT2D eigenvalue weighted by Gasteiger charge is 2.15. The van der Waals surface area contributed by atoms with Crippen molar-refractivity contribution in [2.24, 2.45) is 0 Å². The maximum atomic E-state index is 12.1. The molecule has 0 fully saturated rings. The molecule has 90 valence electrons. The Kier molecular flexibility index (Phi) is 3.18. The van der Waals surface area contributed by atoms with E-state index in [0.717, 1.165) is 34.3 Å². The van der Waals surface area contributed by atoms with Gasteiger partial charge in [-0.05, 0) is 31.5 Å². The molecular formula is C14H17NO2. The summed E-state index contributed by atoms with van der Waals surface area (Å²) in [6.45, 7) is 3.96. The van der Waals surface area contributed by atoms with E-state index >= 15 is 0 Å². The Labute approximate surface area is 101 Å². The summed E-state index contributed by atoms with van der Waals surface area (Å²) >= 11 is 0. The van der Waals surface area contributed by atoms with Crippen LogP contribution >= 0.6 is 0 Å². The Balaban J connectivity index is 2.60. The topological polar surface area (TPSA) is 42.1 Å². The van der Waals surface area contributed by atoms with Crippen LogP contribution in [0.2, 0.25) is 0 Å². The molecule has 2 aromatic rings. The molecule has 0 atom stereocenters. The minimum atomic E-state index is 0.199. The van der Waals surface area contributed by atoms with Crippen molar-refractivity contribution in [3.05, 3.63) is 29.5 Å². The Bertz CT molecular complexity index is 555. The van der Waals surface area contributed by atoms with E-state index in [9.17, 15) is 4.79 Å². The van der Waals surface area contributed by atoms with Crippen LogP contribution in [0.4, 0.5) is 0 Å². The van der Waals surface area contributed by atoms with Gasteiger partial charge in [-0.3, -0.25) is 4.79 Å². The lowest BCUT2D eigenvalue weighted by Gasteiger charge is -2.01. The van der Waals surface area contributed by atoms with Crippen molar-refractivity contribution in [1.82, 2.24) is 4.98 Å². The van der Waals surface area contributed by atoms with Gasteiger partial charge in [-0.1, -0.05) is 6.92 Å². The monoisotopic (exact) mass is 231 g/mol. The molecule has 0 aliphatic carbocycles. The van der Waals surface area contributed by atoms with E-state index in [1.165, 1.54) is 0 Å². The van der Waals surface area contributed by atoms with Crippen LogP contribution in [0.3, 0.4) is 0 Å². The molecule has 2 rings (SSSR count). The van der Waals surface area contributed by atoms with Gasteiger partial charge in [0.1, 0.15) is 5.75 Å². The van der Waals surface area contributed by atoms with Crippen LogP contribution in [-0.2, 0) is 0 Å². The Morgan fingerprint density at radius 1 is 1.41 bits per heavy atom. The molecule has 0 spiro atoms. The highest BCUT2D eigenvalue weighted by molar-refractivity contribution is 6.09. The van der Waals surface area contributed by atoms with Crippen LogP contribution < -0.4 is 4.74 Å². The zero-order valence-electron chi connectivity index (χ0n) is 10.5. The second-order valence-corrected chi connectivity index (χ2v) is 4.21. The van der Waals surface area contributed by atoms with Gasteiger partial charge in [0.25, 0.3) is 0 Å². The van der Waals surface area contributed by atoms with E-state index in [1.54, 1.807) is 7.11 Å². The first-order valence-corrected chi connectivity index (χ1v) is 5.87. The molecule has 0 unspecified atom stereocenters. The zero-order chi connectivity index (χ0) is 12.4. The minimum absolute atomic E-state index is 0.199. The molecule has 1 N–H and O–H groups in total. The Morgan fingerprint density at radius 2 is 2.18 bits per heavy atom. The average Bonchev–Trinajstić information content (AvgIpc) is 2.64. The number of methoxy groups -OCH3 is 1. The smallest absolute Gasteiger partial charge is 0.165 e. The van der Waals surface area contributed by atoms with Crippen LogP contribution in [0.1, 0.15) is 35.8 Å². The second-order valence-electron chi connectivity index (χ2n) is 4.21. The molecule has 0 bridgehead atoms. The predicted octanol–water partition coefficient (Wildman–Crippen LogP) is 3.47. The number of fused-ring (bicyclic) bond motifs is 1. The number of H-pyrrole nitrogens is 1. The van der Waals surface area contributed by atoms with Crippen LogP contribution in [-0.4, -0.2) is 17.9 Å². The molecule has 0 radical (unpaired) electrons. The number of aryl methyl sites for hydroxylation is 1. The normalized spacial score (nSPS) is 10.8. The van der Waals surface area contributed by atoms with Gasteiger partial charge in [0.15, 0.2) is 5.78 Å². The summed E-state index contributed by atoms with van der Waals surface area (Å²) in [7, 11) is 1.63. The van der Waals surface area contributed by atoms with E-state index in [2.05, 4.69) is 4.98 Å². The van der Waals surface area contributed by atoms with E-state index in [1.807, 2.05) is 32.0 Å². The summed E-state index contributed by atoms with van der Waals surface area (Å²) in [6, 6.07) is 5.76. The number of carbonyl (C=O) groups is 1. The fourth-order valence-corrected chi connectivity index (χ4v) is 2.14. The minimum Gasteiger partial charge on any atom is -0.497 e. The van der Waals surface area contributed by atoms with Gasteiger partial charge in [-0.2, -0.15) is 0 Å². The summed E-state index contributed by atoms with van der Waals surface area (Å²) in [5.41, 5.74) is 2.73. The third kappa shape index (κ3) is 2.05. The lowest BCUT2D eigenvalue weighted by Crippen LogP contribution is -1.99. The third-order valence-corrected chi connectivity index (χ3v) is 2.95. The Morgan fingerprint density at radius 3 is 2.82 bits per heavy atom. The number of ketones is 1. The molecule has 17 heavy (non-hydrogen) atoms. The van der Waals surface area contributed by atoms with Crippen molar-refractivity contribution in [2.45, 2.75) is 26.7 Å². The fraction of sp³-hybridized carbons (Fsp3) is 0.357. The summed E-state index contributed by atoms with van der Waals surface area (Å²) in [6.07, 6.45) is 1.46. The van der Waals surface area contributed by atoms with E-state index in [-0.39, 0.29) is 5.78 Å². The molecule has 1 aromatic heterocycles. The maximum Gasteiger partial charge on any atom is 0.165 e. The average molecular weight is 231 g/mol. The van der Waals surface area contributed by atoms with Gasteiger partial charge in [0.05, 0.1) is 7.11 Å². The molecule has 3 nitrogen and oxygen atoms in total. The molecule has 3 heteroatoms. The molecule has 0 aliphatic heterocycles. The molecule has 0 saturated carbocycles. The molecule has 0 saturated heterocycles. The molecule has 0 aliphatic rings. The maximum absolute atomic E-state index is 12.1. The van der Waals surface area contributed by atoms with Crippen molar-refractivity contribution in [2.75, 3.05) is 7.11 Å². The SMILES string of the molecule is CCCC(=O)c1c(C)[nH]c2ccc(OC)cc12. The van der Waals surface area contributed by atoms with Gasteiger partial charge < -0.3 is 9.72 Å². The number of Topliss-reactive ketones (excluding diaryl/α,β-unsaturated/α-hetero) is 1. The number of ether oxygens (including phenoxy) is 1. The first-order chi connectivity index (χ1) is 8.17. The number of carbonyl (C=O) groups excluding carboxylic acids is 1. The highest BCUT2D eigenvalue weighted by atomic mass is 16.5. The summed E-state index contributed by atoms with van der Waals surface area (Å²) in [5.74, 6) is 0.978. The van der Waals surface area contributed by atoms with Crippen LogP contribution in [0.25, 0.3) is 10.9 Å². The number of benzene rings is 1. The van der Waals surface area contributed by atoms with Crippen molar-refractivity contribution in [3.8, 4) is 5.75 Å². The van der Waals surface area contributed by atoms with Gasteiger partial charge in [0.2, 0.25) is 0 Å². The van der Waals surface area contributed by atoms with Gasteiger partial charge in [-0.25, -0.2) is 0 Å². The first kappa shape index (κ1) is 11.7. The number of rotatable bonds is 4. The number of aromatic amines is 1. The quantitative estimate of drug-likeness (QED) is 0.819. The molecule has 0 amide bonds. The number of hydrogen-bond donors (Lipinski definition) is 1. The summed E-state index contributed by atoms with van der Waals surface area (Å²) in [4.78, 5) is 15.3. The Hall–Kier alpha value is -1.77. The van der Waals surface area contributed by atoms with Gasteiger partial charge in [-0.15, -0.1) is 0 Å². The lowest BCUT2D eigenvalue weighted by atomic mass is 10.0. The van der Waals surface area contributed by atoms with Crippen molar-refractivity contribution >= 4 is 16.7 Å². The van der Waals surface area contributed by atoms with Crippen molar-refractivity contribution in [1.29, 1.82) is 0 Å². The number of aromatic nitrogens is 1. The van der Waals surface area contributed by atoms with Crippen molar-refractivity contribution < 1.29 is 9.53 Å². The van der Waals surface area contributed by atoms with Crippen LogP contribution in [0.15, 0.2) is 18.2 Å². The first-order valence-electron chi connectivity index (χ1n) is 5.87. The number of hydrogen-bond acceptors (Lipinski definition) is 2. The second kappa shape index (κ2) is 4.62. The van der Waals surface area contributed by atoms with Gasteiger partial charge >= 0.3 is 0 Å². The van der Waals surface area contributed by atoms with E-state index in [0.29, 0.717) is 6.42 Å². The predicted molar refractivity (Wildman–Crippen MR) is 68.8 cm³/mol. The lowest BCUT2D eigenvalue weighted by molar-refractivity contribution is 0.0983. The van der Waals surface area contributed by atoms with E-state index < -0.39 is 0 Å². The molecular weight excluding hydrogens is 214 g/mol. The fourth-order valence-electron chi connectivity index (χ4n) is 2.14. The van der Waals surface area contributed by atoms with Crippen molar-refractivity contribution in [3.63, 3.8) is 0 Å². The van der Waals surface area contributed by atoms with E-state index in [4.69, 9.17) is 4.74 Å². The largest absolute Gasteiger partial charge is 0.497 e. The van der Waals surface area contributed by atoms with Crippen LogP contribution in [0.5, 0.6) is 5.75 Å². The van der Waals surface area contributed by atoms with Crippen LogP contribution in [0, 0.1) is 6.92 Å². The zero-order valence-corrected chi connectivity index (χ0v) is 10.5. The highest BCUT2D eigenvalue weighted by Crippen LogP contribution is 2.27. The van der Waals surface area contributed by atoms with Gasteiger partial charge in [0, 0.05) is 28.6 Å². The molecule has 1 aromatic carbocycles. The summed E-state index contributed by atoms with van der Waals surface area (Å²) < 4.78 is 5.20. The molecule has 1 heterocycles.